The molecule has 7 heteroatoms. The first-order valence-corrected chi connectivity index (χ1v) is 10.1. The van der Waals surface area contributed by atoms with Crippen molar-refractivity contribution in [2.75, 3.05) is 22.9 Å². The zero-order chi connectivity index (χ0) is 20.7. The van der Waals surface area contributed by atoms with Gasteiger partial charge in [-0.3, -0.25) is 4.98 Å². The van der Waals surface area contributed by atoms with Crippen molar-refractivity contribution in [1.29, 1.82) is 5.26 Å². The molecule has 3 aliphatic rings. The Morgan fingerprint density at radius 3 is 2.57 bits per heavy atom. The molecule has 1 aromatic carbocycles. The van der Waals surface area contributed by atoms with Crippen molar-refractivity contribution < 1.29 is 4.39 Å². The molecule has 3 aromatic rings. The summed E-state index contributed by atoms with van der Waals surface area (Å²) in [6, 6.07) is 11.5. The number of pyridine rings is 1. The van der Waals surface area contributed by atoms with Crippen LogP contribution in [0.4, 0.5) is 15.9 Å². The van der Waals surface area contributed by atoms with E-state index in [2.05, 4.69) is 25.8 Å². The SMILES string of the molecule is Cc1cncc(-c2ncc(C#N)c(N3CC4CC[C@H]3CN4c3cccc(F)c3)n2)c1. The number of nitriles is 1. The van der Waals surface area contributed by atoms with Crippen LogP contribution in [0.25, 0.3) is 11.4 Å². The van der Waals surface area contributed by atoms with Crippen molar-refractivity contribution >= 4 is 11.5 Å². The summed E-state index contributed by atoms with van der Waals surface area (Å²) in [6.45, 7) is 3.51. The van der Waals surface area contributed by atoms with E-state index >= 15 is 0 Å². The summed E-state index contributed by atoms with van der Waals surface area (Å²) in [6.07, 6.45) is 7.20. The smallest absolute Gasteiger partial charge is 0.163 e. The van der Waals surface area contributed by atoms with Gasteiger partial charge >= 0.3 is 0 Å². The Balaban J connectivity index is 1.48. The molecule has 2 aromatic heterocycles. The summed E-state index contributed by atoms with van der Waals surface area (Å²) >= 11 is 0. The van der Waals surface area contributed by atoms with Crippen LogP contribution in [0.5, 0.6) is 0 Å². The molecule has 0 radical (unpaired) electrons. The van der Waals surface area contributed by atoms with Crippen LogP contribution in [0.2, 0.25) is 0 Å². The lowest BCUT2D eigenvalue weighted by atomic mass is 9.90. The van der Waals surface area contributed by atoms with Crippen molar-refractivity contribution in [1.82, 2.24) is 15.0 Å². The number of halogens is 1. The van der Waals surface area contributed by atoms with Crippen molar-refractivity contribution in [2.45, 2.75) is 31.8 Å². The number of benzene rings is 1. The summed E-state index contributed by atoms with van der Waals surface area (Å²) in [5.41, 5.74) is 3.26. The first-order valence-electron chi connectivity index (χ1n) is 10.1. The highest BCUT2D eigenvalue weighted by atomic mass is 19.1. The largest absolute Gasteiger partial charge is 0.365 e. The molecule has 0 aliphatic carbocycles. The summed E-state index contributed by atoms with van der Waals surface area (Å²) in [5, 5.41) is 9.66. The maximum absolute atomic E-state index is 13.7. The van der Waals surface area contributed by atoms with Crippen LogP contribution in [0.3, 0.4) is 0 Å². The number of aromatic nitrogens is 3. The highest BCUT2D eigenvalue weighted by Crippen LogP contribution is 2.36. The van der Waals surface area contributed by atoms with Crippen LogP contribution in [-0.4, -0.2) is 40.1 Å². The first-order chi connectivity index (χ1) is 14.6. The van der Waals surface area contributed by atoms with E-state index in [1.807, 2.05) is 19.1 Å². The zero-order valence-corrected chi connectivity index (χ0v) is 16.7. The van der Waals surface area contributed by atoms with E-state index in [4.69, 9.17) is 4.98 Å². The van der Waals surface area contributed by atoms with E-state index in [1.165, 1.54) is 6.07 Å². The number of aryl methyl sites for hydroxylation is 1. The average Bonchev–Trinajstić information content (AvgIpc) is 2.79. The summed E-state index contributed by atoms with van der Waals surface area (Å²) in [5.74, 6) is 1.03. The van der Waals surface area contributed by atoms with Gasteiger partial charge in [0.25, 0.3) is 0 Å². The second-order valence-corrected chi connectivity index (χ2v) is 7.96. The van der Waals surface area contributed by atoms with E-state index in [1.54, 1.807) is 30.7 Å². The standard InChI is InChI=1S/C23H21FN6/c1-15-7-16(11-26-10-15)22-27-12-17(9-25)23(28-22)30-14-20-5-6-21(30)13-29(20)19-4-2-3-18(24)8-19/h2-4,7-8,10-12,20-21H,5-6,13-14H2,1H3/t20?,21-/m0/s1. The topological polar surface area (TPSA) is 68.9 Å². The third kappa shape index (κ3) is 3.24. The molecule has 0 saturated carbocycles. The molecule has 3 fully saturated rings. The molecule has 3 aliphatic heterocycles. The number of hydrogen-bond acceptors (Lipinski definition) is 6. The van der Waals surface area contributed by atoms with E-state index < -0.39 is 0 Å². The maximum Gasteiger partial charge on any atom is 0.163 e. The molecule has 0 N–H and O–H groups in total. The Bertz CT molecular complexity index is 1140. The second-order valence-electron chi connectivity index (χ2n) is 7.96. The van der Waals surface area contributed by atoms with Crippen LogP contribution in [0, 0.1) is 24.1 Å². The van der Waals surface area contributed by atoms with E-state index in [0.717, 1.165) is 42.7 Å². The van der Waals surface area contributed by atoms with Gasteiger partial charge in [0.1, 0.15) is 17.4 Å². The number of piperidine rings is 2. The lowest BCUT2D eigenvalue weighted by Crippen LogP contribution is -2.63. The minimum atomic E-state index is -0.218. The molecule has 3 saturated heterocycles. The highest BCUT2D eigenvalue weighted by Gasteiger charge is 2.40. The molecule has 6 nitrogen and oxygen atoms in total. The number of piperazine rings is 1. The molecule has 2 atom stereocenters. The molecule has 0 amide bonds. The van der Waals surface area contributed by atoms with Gasteiger partial charge in [0.15, 0.2) is 11.6 Å². The fraction of sp³-hybridized carbons (Fsp3) is 0.304. The Kier molecular flexibility index (Phi) is 4.55. The molecule has 1 unspecified atom stereocenters. The monoisotopic (exact) mass is 400 g/mol. The van der Waals surface area contributed by atoms with Gasteiger partial charge in [-0.25, -0.2) is 14.4 Å². The predicted octanol–water partition coefficient (Wildman–Crippen LogP) is 3.72. The Labute approximate surface area is 174 Å². The predicted molar refractivity (Wildman–Crippen MR) is 113 cm³/mol. The van der Waals surface area contributed by atoms with Gasteiger partial charge in [-0.15, -0.1) is 0 Å². The van der Waals surface area contributed by atoms with Crippen LogP contribution in [-0.2, 0) is 0 Å². The Morgan fingerprint density at radius 1 is 1.07 bits per heavy atom. The third-order valence-electron chi connectivity index (χ3n) is 5.96. The second kappa shape index (κ2) is 7.38. The molecule has 30 heavy (non-hydrogen) atoms. The van der Waals surface area contributed by atoms with Gasteiger partial charge in [-0.2, -0.15) is 5.26 Å². The summed E-state index contributed by atoms with van der Waals surface area (Å²) in [4.78, 5) is 17.9. The molecule has 6 rings (SSSR count). The zero-order valence-electron chi connectivity index (χ0n) is 16.7. The van der Waals surface area contributed by atoms with Crippen LogP contribution >= 0.6 is 0 Å². The average molecular weight is 400 g/mol. The number of anilines is 2. The van der Waals surface area contributed by atoms with E-state index in [-0.39, 0.29) is 17.9 Å². The lowest BCUT2D eigenvalue weighted by Gasteiger charge is -2.53. The van der Waals surface area contributed by atoms with Gasteiger partial charge in [0.05, 0.1) is 6.20 Å². The van der Waals surface area contributed by atoms with Gasteiger partial charge in [-0.05, 0) is 49.6 Å². The normalized spacial score (nSPS) is 20.3. The molecule has 0 spiro atoms. The van der Waals surface area contributed by atoms with E-state index in [9.17, 15) is 9.65 Å². The lowest BCUT2D eigenvalue weighted by molar-refractivity contribution is 0.332. The van der Waals surface area contributed by atoms with Crippen LogP contribution in [0.1, 0.15) is 24.0 Å². The summed E-state index contributed by atoms with van der Waals surface area (Å²) < 4.78 is 13.7. The molecule has 2 bridgehead atoms. The van der Waals surface area contributed by atoms with E-state index in [0.29, 0.717) is 17.2 Å². The van der Waals surface area contributed by atoms with Gasteiger partial charge in [0.2, 0.25) is 0 Å². The molecular weight excluding hydrogens is 379 g/mol. The highest BCUT2D eigenvalue weighted by molar-refractivity contribution is 5.63. The third-order valence-corrected chi connectivity index (χ3v) is 5.96. The van der Waals surface area contributed by atoms with Crippen LogP contribution in [0.15, 0.2) is 48.9 Å². The number of nitrogens with zero attached hydrogens (tertiary/aromatic N) is 6. The maximum atomic E-state index is 13.7. The first kappa shape index (κ1) is 18.5. The molecular formula is C23H21FN6. The summed E-state index contributed by atoms with van der Waals surface area (Å²) in [7, 11) is 0. The fourth-order valence-corrected chi connectivity index (χ4v) is 4.55. The molecule has 150 valence electrons. The quantitative estimate of drug-likeness (QED) is 0.668. The number of rotatable bonds is 3. The fourth-order valence-electron chi connectivity index (χ4n) is 4.55. The number of fused-ring (bicyclic) bond motifs is 3. The van der Waals surface area contributed by atoms with Gasteiger partial charge in [0, 0.05) is 48.8 Å². The Morgan fingerprint density at radius 2 is 1.87 bits per heavy atom. The van der Waals surface area contributed by atoms with Crippen molar-refractivity contribution in [3.05, 3.63) is 65.9 Å². The molecule has 5 heterocycles. The van der Waals surface area contributed by atoms with Crippen LogP contribution < -0.4 is 9.80 Å². The minimum absolute atomic E-state index is 0.212. The van der Waals surface area contributed by atoms with Crippen molar-refractivity contribution in [3.8, 4) is 17.5 Å². The number of hydrogen-bond donors (Lipinski definition) is 0. The minimum Gasteiger partial charge on any atom is -0.365 e. The van der Waals surface area contributed by atoms with Crippen molar-refractivity contribution in [2.24, 2.45) is 0 Å². The Hall–Kier alpha value is -3.53. The van der Waals surface area contributed by atoms with Gasteiger partial charge in [-0.1, -0.05) is 6.07 Å². The van der Waals surface area contributed by atoms with Gasteiger partial charge < -0.3 is 9.80 Å². The van der Waals surface area contributed by atoms with Crippen molar-refractivity contribution in [3.63, 3.8) is 0 Å².